The van der Waals surface area contributed by atoms with Gasteiger partial charge in [-0.15, -0.1) is 0 Å². The molecular formula is C35H41F2N7O4. The lowest BCUT2D eigenvalue weighted by Gasteiger charge is -2.58. The summed E-state index contributed by atoms with van der Waals surface area (Å²) in [6, 6.07) is 7.96. The maximum Gasteiger partial charge on any atom is 0.252 e. The minimum absolute atomic E-state index is 0.0989. The molecule has 2 aromatic heterocycles. The Labute approximate surface area is 278 Å². The van der Waals surface area contributed by atoms with Crippen molar-refractivity contribution in [3.05, 3.63) is 46.2 Å². The first-order valence-electron chi connectivity index (χ1n) is 16.9. The van der Waals surface area contributed by atoms with Crippen molar-refractivity contribution < 1.29 is 27.5 Å². The number of methoxy groups -OCH3 is 1. The third-order valence-corrected chi connectivity index (χ3v) is 11.5. The summed E-state index contributed by atoms with van der Waals surface area (Å²) in [5.74, 6) is -1.14. The molecule has 48 heavy (non-hydrogen) atoms. The van der Waals surface area contributed by atoms with E-state index in [2.05, 4.69) is 21.4 Å². The fraction of sp³-hybridized carbons (Fsp3) is 0.600. The molecule has 1 saturated carbocycles. The molecule has 11 nitrogen and oxygen atoms in total. The lowest BCUT2D eigenvalue weighted by molar-refractivity contribution is -0.193. The van der Waals surface area contributed by atoms with Crippen LogP contribution in [0.2, 0.25) is 0 Å². The molecule has 3 aliphatic carbocycles. The number of nitrogens with one attached hydrogen (secondary N) is 1. The van der Waals surface area contributed by atoms with Crippen molar-refractivity contribution in [3.8, 4) is 29.3 Å². The first-order valence-corrected chi connectivity index (χ1v) is 16.9. The van der Waals surface area contributed by atoms with Gasteiger partial charge in [-0.05, 0) is 76.1 Å². The van der Waals surface area contributed by atoms with Crippen LogP contribution in [0.4, 0.5) is 14.5 Å². The maximum atomic E-state index is 13.9. The molecule has 2 aliphatic heterocycles. The van der Waals surface area contributed by atoms with Crippen LogP contribution < -0.4 is 20.5 Å². The number of anilines is 1. The minimum atomic E-state index is -2.70. The molecule has 254 valence electrons. The van der Waals surface area contributed by atoms with Gasteiger partial charge in [-0.25, -0.2) is 8.78 Å². The van der Waals surface area contributed by atoms with Crippen molar-refractivity contribution in [1.29, 1.82) is 5.26 Å². The van der Waals surface area contributed by atoms with Crippen LogP contribution in [0.25, 0.3) is 11.5 Å². The molecule has 5 aliphatic rings. The van der Waals surface area contributed by atoms with Gasteiger partial charge in [0.2, 0.25) is 11.8 Å². The highest BCUT2D eigenvalue weighted by Crippen LogP contribution is 2.54. The second-order valence-corrected chi connectivity index (χ2v) is 14.4. The number of alkyl halides is 2. The Kier molecular flexibility index (Phi) is 7.43. The number of nitrogen functional groups attached to an aromatic ring is 1. The van der Waals surface area contributed by atoms with E-state index in [-0.39, 0.29) is 42.8 Å². The molecule has 3 fully saturated rings. The van der Waals surface area contributed by atoms with E-state index < -0.39 is 23.0 Å². The number of fused-ring (bicyclic) bond motifs is 4. The number of halogens is 2. The number of nitrogens with two attached hydrogens (primary N) is 1. The zero-order valence-electron chi connectivity index (χ0n) is 27.5. The van der Waals surface area contributed by atoms with Crippen molar-refractivity contribution in [2.75, 3.05) is 33.0 Å². The lowest BCUT2D eigenvalue weighted by atomic mass is 9.61. The molecule has 3 aromatic rings. The summed E-state index contributed by atoms with van der Waals surface area (Å²) in [6.45, 7) is 3.25. The fourth-order valence-corrected chi connectivity index (χ4v) is 9.09. The van der Waals surface area contributed by atoms with E-state index in [0.29, 0.717) is 35.8 Å². The Morgan fingerprint density at radius 3 is 2.62 bits per heavy atom. The summed E-state index contributed by atoms with van der Waals surface area (Å²) >= 11 is 0. The third kappa shape index (κ3) is 4.94. The van der Waals surface area contributed by atoms with Gasteiger partial charge in [0.25, 0.3) is 5.92 Å². The summed E-state index contributed by atoms with van der Waals surface area (Å²) in [5, 5.41) is 17.9. The number of ether oxygens (including phenoxy) is 3. The topological polar surface area (TPSA) is 145 Å². The highest BCUT2D eigenvalue weighted by Gasteiger charge is 2.65. The van der Waals surface area contributed by atoms with E-state index in [1.807, 2.05) is 26.1 Å². The number of nitrogens with zero attached hydrogens (tertiary/aromatic N) is 5. The van der Waals surface area contributed by atoms with Crippen molar-refractivity contribution in [2.45, 2.75) is 106 Å². The second-order valence-electron chi connectivity index (χ2n) is 14.4. The van der Waals surface area contributed by atoms with Crippen LogP contribution in [0.3, 0.4) is 0 Å². The summed E-state index contributed by atoms with van der Waals surface area (Å²) in [6.07, 6.45) is 4.69. The van der Waals surface area contributed by atoms with Gasteiger partial charge in [0.05, 0.1) is 28.7 Å². The lowest BCUT2D eigenvalue weighted by Crippen LogP contribution is -2.78. The van der Waals surface area contributed by atoms with Crippen LogP contribution in [-0.2, 0) is 23.0 Å². The molecule has 1 aromatic carbocycles. The Balaban J connectivity index is 1.17. The van der Waals surface area contributed by atoms with Gasteiger partial charge in [-0.2, -0.15) is 15.2 Å². The van der Waals surface area contributed by atoms with Crippen LogP contribution in [0, 0.1) is 11.3 Å². The predicted molar refractivity (Wildman–Crippen MR) is 171 cm³/mol. The van der Waals surface area contributed by atoms with Gasteiger partial charge in [0.15, 0.2) is 17.3 Å². The average Bonchev–Trinajstić information content (AvgIpc) is 3.66. The van der Waals surface area contributed by atoms with Gasteiger partial charge in [0, 0.05) is 50.3 Å². The van der Waals surface area contributed by atoms with Gasteiger partial charge in [0.1, 0.15) is 18.3 Å². The molecule has 0 radical (unpaired) electrons. The number of aromatic nitrogens is 3. The SMILES string of the molecule is COC1CC(C(C)Oc2cc(OC3CNC34CC(F)(F)C4)nc(-c3noc4c3CCC[C@@]43CCCc4ccc(N)c(C#N)c43)n2)N(C)C1. The second kappa shape index (κ2) is 11.4. The first kappa shape index (κ1) is 31.4. The van der Waals surface area contributed by atoms with E-state index in [4.69, 9.17) is 34.4 Å². The molecular weight excluding hydrogens is 620 g/mol. The van der Waals surface area contributed by atoms with E-state index in [0.717, 1.165) is 67.5 Å². The quantitative estimate of drug-likeness (QED) is 0.344. The third-order valence-electron chi connectivity index (χ3n) is 11.5. The van der Waals surface area contributed by atoms with Crippen LogP contribution in [-0.4, -0.2) is 83.1 Å². The molecule has 2 spiro atoms. The van der Waals surface area contributed by atoms with Gasteiger partial charge in [-0.3, -0.25) is 4.90 Å². The number of likely N-dealkylation sites (tertiary alicyclic amines) is 1. The molecule has 5 atom stereocenters. The molecule has 0 bridgehead atoms. The molecule has 3 N–H and O–H groups in total. The monoisotopic (exact) mass is 661 g/mol. The maximum absolute atomic E-state index is 13.9. The van der Waals surface area contributed by atoms with Gasteiger partial charge < -0.3 is 29.8 Å². The highest BCUT2D eigenvalue weighted by atomic mass is 19.3. The molecule has 4 unspecified atom stereocenters. The van der Waals surface area contributed by atoms with Gasteiger partial charge >= 0.3 is 0 Å². The fourth-order valence-electron chi connectivity index (χ4n) is 9.09. The number of likely N-dealkylation sites (N-methyl/N-ethyl adjacent to an activating group) is 1. The molecule has 13 heteroatoms. The average molecular weight is 662 g/mol. The Morgan fingerprint density at radius 2 is 1.94 bits per heavy atom. The number of hydrogen-bond donors (Lipinski definition) is 2. The van der Waals surface area contributed by atoms with Gasteiger partial charge in [-0.1, -0.05) is 11.2 Å². The van der Waals surface area contributed by atoms with Crippen LogP contribution in [0.15, 0.2) is 22.7 Å². The molecule has 2 saturated heterocycles. The standard InChI is InChI=1S/C35H41F2N7O4/c1-19(25-12-21(45-3)16-44(25)2)46-27-13-28(47-26-15-40-34(26)17-35(36,37)18-34)42-32(41-27)30-22-7-5-11-33(31(22)48-43-30)10-4-6-20-8-9-24(39)23(14-38)29(20)33/h8-9,13,19,21,25-26,40H,4-7,10-12,15-18,39H2,1-3H3/t19?,21?,25?,26?,33-/m1/s1. The highest BCUT2D eigenvalue weighted by molar-refractivity contribution is 5.67. The summed E-state index contributed by atoms with van der Waals surface area (Å²) < 4.78 is 52.5. The van der Waals surface area contributed by atoms with E-state index in [1.54, 1.807) is 13.2 Å². The van der Waals surface area contributed by atoms with Crippen LogP contribution in [0.1, 0.15) is 79.9 Å². The Bertz CT molecular complexity index is 1780. The van der Waals surface area contributed by atoms with E-state index in [1.165, 1.54) is 0 Å². The predicted octanol–water partition coefficient (Wildman–Crippen LogP) is 4.55. The first-order chi connectivity index (χ1) is 23.0. The number of benzene rings is 1. The van der Waals surface area contributed by atoms with Crippen LogP contribution >= 0.6 is 0 Å². The number of hydrogen-bond acceptors (Lipinski definition) is 11. The minimum Gasteiger partial charge on any atom is -0.473 e. The Morgan fingerprint density at radius 1 is 1.17 bits per heavy atom. The van der Waals surface area contributed by atoms with Crippen molar-refractivity contribution >= 4 is 5.69 Å². The normalized spacial score (nSPS) is 29.0. The van der Waals surface area contributed by atoms with E-state index >= 15 is 0 Å². The van der Waals surface area contributed by atoms with Crippen LogP contribution in [0.5, 0.6) is 11.8 Å². The summed E-state index contributed by atoms with van der Waals surface area (Å²) in [7, 11) is 3.77. The molecule has 0 amide bonds. The largest absolute Gasteiger partial charge is 0.473 e. The number of aryl methyl sites for hydroxylation is 1. The summed E-state index contributed by atoms with van der Waals surface area (Å²) in [5.41, 5.74) is 9.47. The zero-order valence-corrected chi connectivity index (χ0v) is 27.5. The van der Waals surface area contributed by atoms with Crippen molar-refractivity contribution in [3.63, 3.8) is 0 Å². The van der Waals surface area contributed by atoms with Crippen molar-refractivity contribution in [2.24, 2.45) is 0 Å². The number of nitriles is 1. The smallest absolute Gasteiger partial charge is 0.252 e. The Hall–Kier alpha value is -3.86. The molecule has 8 rings (SSSR count). The van der Waals surface area contributed by atoms with E-state index in [9.17, 15) is 14.0 Å². The number of rotatable bonds is 7. The zero-order chi connectivity index (χ0) is 33.4. The summed E-state index contributed by atoms with van der Waals surface area (Å²) in [4.78, 5) is 11.8. The van der Waals surface area contributed by atoms with Crippen molar-refractivity contribution in [1.82, 2.24) is 25.3 Å². The molecule has 4 heterocycles.